The molecule has 0 bridgehead atoms. The lowest BCUT2D eigenvalue weighted by molar-refractivity contribution is 0.598. The van der Waals surface area contributed by atoms with E-state index in [1.54, 1.807) is 4.68 Å². The summed E-state index contributed by atoms with van der Waals surface area (Å²) in [6.07, 6.45) is 5.53. The molecule has 3 nitrogen and oxygen atoms in total. The molecule has 0 saturated heterocycles. The number of aromatic nitrogens is 2. The van der Waals surface area contributed by atoms with E-state index in [-0.39, 0.29) is 5.56 Å². The van der Waals surface area contributed by atoms with Crippen molar-refractivity contribution in [2.24, 2.45) is 7.05 Å². The van der Waals surface area contributed by atoms with Gasteiger partial charge in [0, 0.05) is 18.3 Å². The molecule has 3 heteroatoms. The van der Waals surface area contributed by atoms with E-state index in [1.165, 1.54) is 18.5 Å². The maximum atomic E-state index is 12.5. The molecule has 1 aliphatic rings. The molecule has 0 fully saturated rings. The first kappa shape index (κ1) is 11.3. The van der Waals surface area contributed by atoms with Crippen molar-refractivity contribution in [3.8, 4) is 5.69 Å². The minimum atomic E-state index is 0.167. The lowest BCUT2D eigenvalue weighted by atomic mass is 10.1. The average Bonchev–Trinajstić information content (AvgIpc) is 2.60. The third kappa shape index (κ3) is 1.70. The summed E-state index contributed by atoms with van der Waals surface area (Å²) in [6.45, 7) is 0. The predicted octanol–water partition coefficient (Wildman–Crippen LogP) is 2.44. The van der Waals surface area contributed by atoms with Crippen LogP contribution in [0.3, 0.4) is 0 Å². The summed E-state index contributed by atoms with van der Waals surface area (Å²) in [6, 6.07) is 9.89. The molecule has 0 atom stereocenters. The van der Waals surface area contributed by atoms with Crippen molar-refractivity contribution in [3.05, 3.63) is 51.9 Å². The first-order valence-electron chi connectivity index (χ1n) is 6.64. The first-order chi connectivity index (χ1) is 8.79. The zero-order chi connectivity index (χ0) is 12.5. The van der Waals surface area contributed by atoms with Crippen LogP contribution in [0.25, 0.3) is 5.69 Å². The first-order valence-corrected chi connectivity index (χ1v) is 6.64. The molecular weight excluding hydrogens is 224 g/mol. The van der Waals surface area contributed by atoms with E-state index in [4.69, 9.17) is 0 Å². The lowest BCUT2D eigenvalue weighted by Crippen LogP contribution is -2.21. The van der Waals surface area contributed by atoms with Crippen LogP contribution in [-0.2, 0) is 19.9 Å². The fraction of sp³-hybridized carbons (Fsp3) is 0.400. The number of rotatable bonds is 1. The molecule has 0 radical (unpaired) electrons. The van der Waals surface area contributed by atoms with E-state index >= 15 is 0 Å². The third-order valence-corrected chi connectivity index (χ3v) is 3.83. The molecule has 0 amide bonds. The van der Waals surface area contributed by atoms with Crippen LogP contribution < -0.4 is 5.56 Å². The van der Waals surface area contributed by atoms with Crippen LogP contribution in [0.15, 0.2) is 35.1 Å². The van der Waals surface area contributed by atoms with Gasteiger partial charge in [0.2, 0.25) is 0 Å². The summed E-state index contributed by atoms with van der Waals surface area (Å²) >= 11 is 0. The fourth-order valence-corrected chi connectivity index (χ4v) is 2.90. The van der Waals surface area contributed by atoms with E-state index in [0.717, 1.165) is 30.5 Å². The van der Waals surface area contributed by atoms with Crippen LogP contribution in [-0.4, -0.2) is 9.36 Å². The Kier molecular flexibility index (Phi) is 2.82. The van der Waals surface area contributed by atoms with Gasteiger partial charge in [0.05, 0.1) is 5.69 Å². The highest BCUT2D eigenvalue weighted by atomic mass is 16.1. The quantitative estimate of drug-likeness (QED) is 0.706. The Hall–Kier alpha value is -1.77. The second-order valence-corrected chi connectivity index (χ2v) is 4.96. The van der Waals surface area contributed by atoms with E-state index in [0.29, 0.717) is 0 Å². The van der Waals surface area contributed by atoms with Crippen LogP contribution in [0.1, 0.15) is 30.5 Å². The molecule has 1 aromatic carbocycles. The second kappa shape index (κ2) is 4.48. The summed E-state index contributed by atoms with van der Waals surface area (Å²) in [5.74, 6) is 0. The summed E-state index contributed by atoms with van der Waals surface area (Å²) in [5.41, 5.74) is 3.37. The molecule has 1 aliphatic carbocycles. The van der Waals surface area contributed by atoms with Crippen LogP contribution in [0.5, 0.6) is 0 Å². The summed E-state index contributed by atoms with van der Waals surface area (Å²) in [4.78, 5) is 12.5. The summed E-state index contributed by atoms with van der Waals surface area (Å²) < 4.78 is 3.84. The number of benzene rings is 1. The van der Waals surface area contributed by atoms with Crippen LogP contribution >= 0.6 is 0 Å². The van der Waals surface area contributed by atoms with Crippen molar-refractivity contribution in [1.29, 1.82) is 0 Å². The monoisotopic (exact) mass is 242 g/mol. The van der Waals surface area contributed by atoms with E-state index in [9.17, 15) is 4.79 Å². The van der Waals surface area contributed by atoms with Gasteiger partial charge in [-0.05, 0) is 37.8 Å². The van der Waals surface area contributed by atoms with Gasteiger partial charge >= 0.3 is 0 Å². The average molecular weight is 242 g/mol. The molecule has 3 rings (SSSR count). The second-order valence-electron chi connectivity index (χ2n) is 4.96. The van der Waals surface area contributed by atoms with Crippen molar-refractivity contribution in [2.75, 3.05) is 0 Å². The summed E-state index contributed by atoms with van der Waals surface area (Å²) in [5, 5.41) is 0. The van der Waals surface area contributed by atoms with E-state index in [1.807, 2.05) is 42.1 Å². The van der Waals surface area contributed by atoms with Gasteiger partial charge in [-0.15, -0.1) is 0 Å². The molecule has 0 aliphatic heterocycles. The Morgan fingerprint density at radius 3 is 2.50 bits per heavy atom. The van der Waals surface area contributed by atoms with Gasteiger partial charge in [-0.2, -0.15) is 0 Å². The zero-order valence-corrected chi connectivity index (χ0v) is 10.7. The molecule has 0 unspecified atom stereocenters. The van der Waals surface area contributed by atoms with Crippen molar-refractivity contribution >= 4 is 0 Å². The van der Waals surface area contributed by atoms with Crippen LogP contribution in [0.2, 0.25) is 0 Å². The number of hydrogen-bond donors (Lipinski definition) is 0. The smallest absolute Gasteiger partial charge is 0.274 e. The van der Waals surface area contributed by atoms with Crippen molar-refractivity contribution in [3.63, 3.8) is 0 Å². The molecule has 0 N–H and O–H groups in total. The molecule has 0 spiro atoms. The van der Waals surface area contributed by atoms with Gasteiger partial charge in [-0.3, -0.25) is 9.48 Å². The number of fused-ring (bicyclic) bond motifs is 1. The van der Waals surface area contributed by atoms with Gasteiger partial charge in [0.25, 0.3) is 5.56 Å². The number of para-hydroxylation sites is 1. The van der Waals surface area contributed by atoms with Crippen molar-refractivity contribution in [2.45, 2.75) is 32.1 Å². The normalized spacial score (nSPS) is 15.2. The molecule has 18 heavy (non-hydrogen) atoms. The zero-order valence-electron chi connectivity index (χ0n) is 10.7. The van der Waals surface area contributed by atoms with Crippen molar-refractivity contribution in [1.82, 2.24) is 9.36 Å². The molecular formula is C15H18N2O. The molecule has 94 valence electrons. The van der Waals surface area contributed by atoms with Gasteiger partial charge in [0.15, 0.2) is 0 Å². The standard InChI is InChI=1S/C15H18N2O/c1-16-14-11-7-3-6-10-13(14)15(18)17(16)12-8-4-2-5-9-12/h2,4-5,8-9H,3,6-7,10-11H2,1H3. The van der Waals surface area contributed by atoms with Crippen LogP contribution in [0.4, 0.5) is 0 Å². The van der Waals surface area contributed by atoms with Gasteiger partial charge in [-0.25, -0.2) is 4.68 Å². The Bertz CT molecular complexity index is 607. The highest BCUT2D eigenvalue weighted by Crippen LogP contribution is 2.19. The van der Waals surface area contributed by atoms with Crippen LogP contribution in [0, 0.1) is 0 Å². The van der Waals surface area contributed by atoms with Gasteiger partial charge < -0.3 is 0 Å². The number of nitrogens with zero attached hydrogens (tertiary/aromatic N) is 2. The third-order valence-electron chi connectivity index (χ3n) is 3.83. The van der Waals surface area contributed by atoms with Gasteiger partial charge in [-0.1, -0.05) is 24.6 Å². The highest BCUT2D eigenvalue weighted by molar-refractivity contribution is 5.34. The Morgan fingerprint density at radius 2 is 1.72 bits per heavy atom. The summed E-state index contributed by atoms with van der Waals surface area (Å²) in [7, 11) is 2.00. The minimum Gasteiger partial charge on any atom is -0.285 e. The topological polar surface area (TPSA) is 26.9 Å². The predicted molar refractivity (Wildman–Crippen MR) is 72.3 cm³/mol. The maximum absolute atomic E-state index is 12.5. The van der Waals surface area contributed by atoms with E-state index < -0.39 is 0 Å². The van der Waals surface area contributed by atoms with Crippen molar-refractivity contribution < 1.29 is 0 Å². The molecule has 0 saturated carbocycles. The Balaban J connectivity index is 2.21. The molecule has 2 aromatic rings. The Labute approximate surface area is 107 Å². The highest BCUT2D eigenvalue weighted by Gasteiger charge is 2.19. The maximum Gasteiger partial charge on any atom is 0.274 e. The largest absolute Gasteiger partial charge is 0.285 e. The Morgan fingerprint density at radius 1 is 1.00 bits per heavy atom. The lowest BCUT2D eigenvalue weighted by Gasteiger charge is -2.09. The minimum absolute atomic E-state index is 0.167. The number of hydrogen-bond acceptors (Lipinski definition) is 1. The van der Waals surface area contributed by atoms with E-state index in [2.05, 4.69) is 0 Å². The fourth-order valence-electron chi connectivity index (χ4n) is 2.90. The SMILES string of the molecule is Cn1c2c(c(=O)n1-c1ccccc1)CCCCC2. The molecule has 1 heterocycles. The molecule has 1 aromatic heterocycles. The van der Waals surface area contributed by atoms with Gasteiger partial charge in [0.1, 0.15) is 0 Å².